The molecule has 122 valence electrons. The molecule has 3 rings (SSSR count). The van der Waals surface area contributed by atoms with Gasteiger partial charge in [-0.1, -0.05) is 40.5 Å². The molecule has 1 amide bonds. The summed E-state index contributed by atoms with van der Waals surface area (Å²) in [4.78, 5) is 16.2. The van der Waals surface area contributed by atoms with E-state index in [2.05, 4.69) is 15.5 Å². The zero-order valence-electron chi connectivity index (χ0n) is 12.7. The number of carbonyl (C=O) groups is 1. The van der Waals surface area contributed by atoms with Crippen LogP contribution in [0.3, 0.4) is 0 Å². The molecule has 0 unspecified atom stereocenters. The lowest BCUT2D eigenvalue weighted by Gasteiger charge is -2.04. The molecule has 1 aromatic heterocycles. The molecule has 0 saturated carbocycles. The van der Waals surface area contributed by atoms with E-state index in [0.717, 1.165) is 11.1 Å². The van der Waals surface area contributed by atoms with Crippen LogP contribution >= 0.6 is 11.6 Å². The fraction of sp³-hybridized carbons (Fsp3) is 0.118. The lowest BCUT2D eigenvalue weighted by Crippen LogP contribution is -2.24. The lowest BCUT2D eigenvalue weighted by molar-refractivity contribution is 0.0937. The van der Waals surface area contributed by atoms with Crippen LogP contribution in [0.25, 0.3) is 11.5 Å². The van der Waals surface area contributed by atoms with Gasteiger partial charge < -0.3 is 9.84 Å². The summed E-state index contributed by atoms with van der Waals surface area (Å²) in [6.07, 6.45) is 0. The molecule has 24 heavy (non-hydrogen) atoms. The molecule has 0 saturated heterocycles. The van der Waals surface area contributed by atoms with Crippen molar-refractivity contribution in [1.29, 1.82) is 0 Å². The maximum atomic E-state index is 13.0. The van der Waals surface area contributed by atoms with E-state index < -0.39 is 11.7 Å². The van der Waals surface area contributed by atoms with Crippen LogP contribution in [0.15, 0.2) is 47.0 Å². The van der Waals surface area contributed by atoms with Gasteiger partial charge in [-0.25, -0.2) is 4.39 Å². The minimum Gasteiger partial charge on any atom is -0.345 e. The fourth-order valence-corrected chi connectivity index (χ4v) is 2.28. The highest BCUT2D eigenvalue weighted by Gasteiger charge is 2.16. The van der Waals surface area contributed by atoms with Crippen molar-refractivity contribution in [2.45, 2.75) is 13.5 Å². The second-order valence-electron chi connectivity index (χ2n) is 5.21. The summed E-state index contributed by atoms with van der Waals surface area (Å²) in [6.45, 7) is 2.10. The van der Waals surface area contributed by atoms with Crippen LogP contribution < -0.4 is 5.32 Å². The molecule has 1 heterocycles. The molecule has 0 spiro atoms. The lowest BCUT2D eigenvalue weighted by atomic mass is 10.1. The van der Waals surface area contributed by atoms with E-state index in [1.54, 1.807) is 0 Å². The highest BCUT2D eigenvalue weighted by molar-refractivity contribution is 6.31. The summed E-state index contributed by atoms with van der Waals surface area (Å²) in [7, 11) is 0. The van der Waals surface area contributed by atoms with E-state index in [1.165, 1.54) is 18.2 Å². The van der Waals surface area contributed by atoms with Gasteiger partial charge in [0.25, 0.3) is 17.6 Å². The summed E-state index contributed by atoms with van der Waals surface area (Å²) in [5.74, 6) is -0.753. The van der Waals surface area contributed by atoms with Gasteiger partial charge in [-0.3, -0.25) is 4.79 Å². The molecule has 5 nitrogen and oxygen atoms in total. The van der Waals surface area contributed by atoms with Crippen LogP contribution in [-0.2, 0) is 6.54 Å². The number of halogens is 2. The van der Waals surface area contributed by atoms with E-state index in [-0.39, 0.29) is 23.3 Å². The van der Waals surface area contributed by atoms with Gasteiger partial charge in [0.1, 0.15) is 5.82 Å². The predicted octanol–water partition coefficient (Wildman–Crippen LogP) is 3.77. The van der Waals surface area contributed by atoms with Crippen molar-refractivity contribution in [3.05, 3.63) is 70.3 Å². The number of benzene rings is 2. The minimum atomic E-state index is -0.502. The van der Waals surface area contributed by atoms with Gasteiger partial charge in [-0.2, -0.15) is 4.98 Å². The van der Waals surface area contributed by atoms with Crippen molar-refractivity contribution in [1.82, 2.24) is 15.5 Å². The highest BCUT2D eigenvalue weighted by Crippen LogP contribution is 2.18. The third kappa shape index (κ3) is 3.60. The molecule has 0 aliphatic rings. The minimum absolute atomic E-state index is 0.0798. The Hall–Kier alpha value is -2.73. The first-order valence-corrected chi connectivity index (χ1v) is 7.53. The Kier molecular flexibility index (Phi) is 4.57. The number of hydrogen-bond donors (Lipinski definition) is 1. The van der Waals surface area contributed by atoms with Crippen LogP contribution in [0.5, 0.6) is 0 Å². The predicted molar refractivity (Wildman–Crippen MR) is 87.1 cm³/mol. The average molecular weight is 346 g/mol. The molecular weight excluding hydrogens is 333 g/mol. The van der Waals surface area contributed by atoms with E-state index in [0.29, 0.717) is 5.56 Å². The highest BCUT2D eigenvalue weighted by atomic mass is 35.5. The quantitative estimate of drug-likeness (QED) is 0.781. The largest absolute Gasteiger partial charge is 0.345 e. The first kappa shape index (κ1) is 16.1. The number of nitrogens with one attached hydrogen (secondary N) is 1. The number of carbonyl (C=O) groups excluding carboxylic acids is 1. The van der Waals surface area contributed by atoms with E-state index in [9.17, 15) is 9.18 Å². The number of nitrogens with zero attached hydrogens (tertiary/aromatic N) is 2. The Morgan fingerprint density at radius 3 is 2.71 bits per heavy atom. The SMILES string of the molecule is Cc1ccc(-c2nc(C(=O)NCc3ccc(F)cc3Cl)no2)cc1. The van der Waals surface area contributed by atoms with Gasteiger partial charge in [0.2, 0.25) is 0 Å². The number of hydrogen-bond acceptors (Lipinski definition) is 4. The van der Waals surface area contributed by atoms with Crippen molar-refractivity contribution in [2.24, 2.45) is 0 Å². The molecule has 2 aromatic carbocycles. The summed E-state index contributed by atoms with van der Waals surface area (Å²) in [6, 6.07) is 11.5. The van der Waals surface area contributed by atoms with Crippen molar-refractivity contribution < 1.29 is 13.7 Å². The Bertz CT molecular complexity index is 878. The van der Waals surface area contributed by atoms with Crippen molar-refractivity contribution in [3.8, 4) is 11.5 Å². The number of rotatable bonds is 4. The third-order valence-corrected chi connectivity index (χ3v) is 3.73. The Labute approximate surface area is 142 Å². The normalized spacial score (nSPS) is 10.6. The molecule has 0 aliphatic heterocycles. The molecular formula is C17H13ClFN3O2. The number of amides is 1. The van der Waals surface area contributed by atoms with Crippen LogP contribution in [0.1, 0.15) is 21.7 Å². The monoisotopic (exact) mass is 345 g/mol. The van der Waals surface area contributed by atoms with Crippen LogP contribution in [-0.4, -0.2) is 16.0 Å². The van der Waals surface area contributed by atoms with Crippen molar-refractivity contribution >= 4 is 17.5 Å². The Morgan fingerprint density at radius 1 is 1.25 bits per heavy atom. The standard InChI is InChI=1S/C17H13ClFN3O2/c1-10-2-4-11(5-3-10)17-21-15(22-24-17)16(23)20-9-12-6-7-13(19)8-14(12)18/h2-8H,9H2,1H3,(H,20,23). The number of aromatic nitrogens is 2. The Morgan fingerprint density at radius 2 is 2.00 bits per heavy atom. The van der Waals surface area contributed by atoms with E-state index in [1.807, 2.05) is 31.2 Å². The second kappa shape index (κ2) is 6.80. The molecule has 3 aromatic rings. The third-order valence-electron chi connectivity index (χ3n) is 3.38. The fourth-order valence-electron chi connectivity index (χ4n) is 2.05. The molecule has 0 radical (unpaired) electrons. The van der Waals surface area contributed by atoms with Crippen molar-refractivity contribution in [3.63, 3.8) is 0 Å². The topological polar surface area (TPSA) is 68.0 Å². The Balaban J connectivity index is 1.68. The van der Waals surface area contributed by atoms with Crippen molar-refractivity contribution in [2.75, 3.05) is 0 Å². The molecule has 0 fully saturated rings. The van der Waals surface area contributed by atoms with Gasteiger partial charge in [0, 0.05) is 17.1 Å². The second-order valence-corrected chi connectivity index (χ2v) is 5.61. The maximum absolute atomic E-state index is 13.0. The van der Waals surface area contributed by atoms with Gasteiger partial charge in [0.05, 0.1) is 0 Å². The summed E-state index contributed by atoms with van der Waals surface area (Å²) < 4.78 is 18.1. The van der Waals surface area contributed by atoms with Gasteiger partial charge in [-0.15, -0.1) is 0 Å². The van der Waals surface area contributed by atoms with Crippen LogP contribution in [0.4, 0.5) is 4.39 Å². The summed E-state index contributed by atoms with van der Waals surface area (Å²) >= 11 is 5.91. The zero-order chi connectivity index (χ0) is 17.1. The van der Waals surface area contributed by atoms with E-state index in [4.69, 9.17) is 16.1 Å². The first-order valence-electron chi connectivity index (χ1n) is 7.16. The zero-order valence-corrected chi connectivity index (χ0v) is 13.5. The molecule has 0 aliphatic carbocycles. The van der Waals surface area contributed by atoms with Crippen LogP contribution in [0, 0.1) is 12.7 Å². The average Bonchev–Trinajstić information content (AvgIpc) is 3.04. The van der Waals surface area contributed by atoms with Crippen LogP contribution in [0.2, 0.25) is 5.02 Å². The van der Waals surface area contributed by atoms with Gasteiger partial charge in [-0.05, 0) is 36.8 Å². The molecule has 1 N–H and O–H groups in total. The summed E-state index contributed by atoms with van der Waals surface area (Å²) in [5, 5.41) is 6.53. The first-order chi connectivity index (χ1) is 11.5. The molecule has 7 heteroatoms. The van der Waals surface area contributed by atoms with E-state index >= 15 is 0 Å². The molecule has 0 bridgehead atoms. The van der Waals surface area contributed by atoms with Gasteiger partial charge in [0.15, 0.2) is 0 Å². The number of aryl methyl sites for hydroxylation is 1. The summed E-state index contributed by atoms with van der Waals surface area (Å²) in [5.41, 5.74) is 2.43. The maximum Gasteiger partial charge on any atom is 0.292 e. The smallest absolute Gasteiger partial charge is 0.292 e. The molecule has 0 atom stereocenters. The van der Waals surface area contributed by atoms with Gasteiger partial charge >= 0.3 is 0 Å².